The molecule has 0 saturated carbocycles. The maximum Gasteiger partial charge on any atom is 0.153 e. The lowest BCUT2D eigenvalue weighted by Gasteiger charge is -2.19. The molecule has 0 aromatic carbocycles. The Labute approximate surface area is 95.9 Å². The molecule has 1 N–H and O–H groups in total. The number of unbranched alkanes of at least 4 members (excludes halogenated alkanes) is 2. The van der Waals surface area contributed by atoms with Crippen LogP contribution in [0.3, 0.4) is 0 Å². The summed E-state index contributed by atoms with van der Waals surface area (Å²) in [6, 6.07) is 3.52. The summed E-state index contributed by atoms with van der Waals surface area (Å²) in [4.78, 5) is 17.0. The van der Waals surface area contributed by atoms with Crippen molar-refractivity contribution in [3.63, 3.8) is 0 Å². The van der Waals surface area contributed by atoms with Crippen molar-refractivity contribution in [2.45, 2.75) is 19.3 Å². The molecule has 0 aliphatic rings. The van der Waals surface area contributed by atoms with Gasteiger partial charge in [0.2, 0.25) is 0 Å². The number of pyridine rings is 1. The van der Waals surface area contributed by atoms with Crippen molar-refractivity contribution in [3.8, 4) is 0 Å². The molecular weight excluding hydrogens is 204 g/mol. The lowest BCUT2D eigenvalue weighted by atomic mass is 10.2. The number of carbonyl (C=O) groups is 1. The predicted octanol–water partition coefficient (Wildman–Crippen LogP) is 1.49. The molecule has 0 aliphatic carbocycles. The fraction of sp³-hybridized carbons (Fsp3) is 0.500. The number of aromatic nitrogens is 1. The highest BCUT2D eigenvalue weighted by molar-refractivity contribution is 5.82. The number of aliphatic hydroxyl groups is 1. The first kappa shape index (κ1) is 12.6. The molecule has 0 aliphatic heterocycles. The van der Waals surface area contributed by atoms with Gasteiger partial charge in [0.15, 0.2) is 6.29 Å². The number of hydrogen-bond acceptors (Lipinski definition) is 4. The number of aliphatic hydroxyl groups excluding tert-OH is 1. The van der Waals surface area contributed by atoms with Crippen LogP contribution in [0.5, 0.6) is 0 Å². The summed E-state index contributed by atoms with van der Waals surface area (Å²) in [5.41, 5.74) is 0.618. The van der Waals surface area contributed by atoms with Gasteiger partial charge in [-0.25, -0.2) is 4.98 Å². The van der Waals surface area contributed by atoms with Gasteiger partial charge < -0.3 is 10.0 Å². The molecule has 0 radical (unpaired) electrons. The molecule has 0 unspecified atom stereocenters. The zero-order chi connectivity index (χ0) is 11.8. The Balaban J connectivity index is 2.51. The second kappa shape index (κ2) is 6.95. The molecule has 1 heterocycles. The van der Waals surface area contributed by atoms with Gasteiger partial charge in [-0.15, -0.1) is 0 Å². The second-order valence-corrected chi connectivity index (χ2v) is 3.74. The van der Waals surface area contributed by atoms with Crippen molar-refractivity contribution in [2.24, 2.45) is 0 Å². The first-order chi connectivity index (χ1) is 7.79. The van der Waals surface area contributed by atoms with Gasteiger partial charge in [-0.2, -0.15) is 0 Å². The van der Waals surface area contributed by atoms with Crippen LogP contribution in [0.4, 0.5) is 5.82 Å². The minimum Gasteiger partial charge on any atom is -0.396 e. The number of hydrogen-bond donors (Lipinski definition) is 1. The van der Waals surface area contributed by atoms with E-state index in [1.54, 1.807) is 18.3 Å². The van der Waals surface area contributed by atoms with Crippen LogP contribution >= 0.6 is 0 Å². The average molecular weight is 222 g/mol. The molecule has 0 atom stereocenters. The molecule has 16 heavy (non-hydrogen) atoms. The van der Waals surface area contributed by atoms with Gasteiger partial charge in [-0.3, -0.25) is 4.79 Å². The molecule has 4 nitrogen and oxygen atoms in total. The highest BCUT2D eigenvalue weighted by Crippen LogP contribution is 2.14. The highest BCUT2D eigenvalue weighted by Gasteiger charge is 2.06. The Morgan fingerprint density at radius 3 is 2.94 bits per heavy atom. The monoisotopic (exact) mass is 222 g/mol. The summed E-state index contributed by atoms with van der Waals surface area (Å²) in [6.07, 6.45) is 5.33. The number of rotatable bonds is 7. The summed E-state index contributed by atoms with van der Waals surface area (Å²) in [6.45, 7) is 1.09. The van der Waals surface area contributed by atoms with Gasteiger partial charge in [-0.05, 0) is 31.4 Å². The largest absolute Gasteiger partial charge is 0.396 e. The van der Waals surface area contributed by atoms with Crippen LogP contribution in [0.1, 0.15) is 29.6 Å². The Morgan fingerprint density at radius 2 is 2.25 bits per heavy atom. The molecule has 88 valence electrons. The zero-order valence-corrected chi connectivity index (χ0v) is 9.59. The Morgan fingerprint density at radius 1 is 1.44 bits per heavy atom. The maximum absolute atomic E-state index is 10.8. The van der Waals surface area contributed by atoms with Crippen molar-refractivity contribution < 1.29 is 9.90 Å². The van der Waals surface area contributed by atoms with Gasteiger partial charge in [-0.1, -0.05) is 0 Å². The molecule has 0 amide bonds. The van der Waals surface area contributed by atoms with Crippen molar-refractivity contribution in [2.75, 3.05) is 25.1 Å². The summed E-state index contributed by atoms with van der Waals surface area (Å²) in [5.74, 6) is 0.724. The molecular formula is C12H18N2O2. The van der Waals surface area contributed by atoms with E-state index in [0.29, 0.717) is 5.56 Å². The van der Waals surface area contributed by atoms with Gasteiger partial charge >= 0.3 is 0 Å². The third-order valence-corrected chi connectivity index (χ3v) is 2.46. The summed E-state index contributed by atoms with van der Waals surface area (Å²) >= 11 is 0. The van der Waals surface area contributed by atoms with Crippen molar-refractivity contribution in [1.29, 1.82) is 0 Å². The van der Waals surface area contributed by atoms with Crippen molar-refractivity contribution in [3.05, 3.63) is 23.9 Å². The second-order valence-electron chi connectivity index (χ2n) is 3.74. The third kappa shape index (κ3) is 3.62. The third-order valence-electron chi connectivity index (χ3n) is 2.46. The molecule has 0 saturated heterocycles. The van der Waals surface area contributed by atoms with E-state index >= 15 is 0 Å². The number of aldehydes is 1. The van der Waals surface area contributed by atoms with E-state index in [1.807, 2.05) is 11.9 Å². The minimum atomic E-state index is 0.243. The Bertz CT molecular complexity index is 329. The molecule has 1 rings (SSSR count). The van der Waals surface area contributed by atoms with Crippen LogP contribution in [-0.2, 0) is 0 Å². The average Bonchev–Trinajstić information content (AvgIpc) is 2.34. The lowest BCUT2D eigenvalue weighted by molar-refractivity contribution is 0.112. The molecule has 0 fully saturated rings. The fourth-order valence-corrected chi connectivity index (χ4v) is 1.56. The first-order valence-corrected chi connectivity index (χ1v) is 5.51. The van der Waals surface area contributed by atoms with Crippen molar-refractivity contribution >= 4 is 12.1 Å². The van der Waals surface area contributed by atoms with E-state index in [9.17, 15) is 4.79 Å². The van der Waals surface area contributed by atoms with Crippen molar-refractivity contribution in [1.82, 2.24) is 4.98 Å². The van der Waals surface area contributed by atoms with E-state index in [1.165, 1.54) is 0 Å². The number of anilines is 1. The number of carbonyl (C=O) groups excluding carboxylic acids is 1. The summed E-state index contributed by atoms with van der Waals surface area (Å²) < 4.78 is 0. The van der Waals surface area contributed by atoms with Crippen LogP contribution in [0.15, 0.2) is 18.3 Å². The highest BCUT2D eigenvalue weighted by atomic mass is 16.2. The molecule has 0 spiro atoms. The topological polar surface area (TPSA) is 53.4 Å². The standard InChI is InChI=1S/C12H18N2O2/c1-14(8-3-2-4-9-15)12-11(10-16)6-5-7-13-12/h5-7,10,15H,2-4,8-9H2,1H3. The Kier molecular flexibility index (Phi) is 5.50. The van der Waals surface area contributed by atoms with Crippen LogP contribution < -0.4 is 4.90 Å². The van der Waals surface area contributed by atoms with Gasteiger partial charge in [0.05, 0.1) is 5.56 Å². The summed E-state index contributed by atoms with van der Waals surface area (Å²) in [5, 5.41) is 8.66. The van der Waals surface area contributed by atoms with E-state index in [0.717, 1.165) is 37.9 Å². The SMILES string of the molecule is CN(CCCCCO)c1ncccc1C=O. The zero-order valence-electron chi connectivity index (χ0n) is 9.59. The predicted molar refractivity (Wildman–Crippen MR) is 63.8 cm³/mol. The van der Waals surface area contributed by atoms with Crippen LogP contribution in [0.25, 0.3) is 0 Å². The smallest absolute Gasteiger partial charge is 0.153 e. The normalized spacial score (nSPS) is 10.1. The van der Waals surface area contributed by atoms with Gasteiger partial charge in [0.25, 0.3) is 0 Å². The molecule has 0 bridgehead atoms. The fourth-order valence-electron chi connectivity index (χ4n) is 1.56. The van der Waals surface area contributed by atoms with Crippen LogP contribution in [-0.4, -0.2) is 36.6 Å². The molecule has 4 heteroatoms. The Hall–Kier alpha value is -1.42. The van der Waals surface area contributed by atoms with E-state index in [-0.39, 0.29) is 6.61 Å². The van der Waals surface area contributed by atoms with Gasteiger partial charge in [0, 0.05) is 26.4 Å². The first-order valence-electron chi connectivity index (χ1n) is 5.51. The van der Waals surface area contributed by atoms with Crippen LogP contribution in [0, 0.1) is 0 Å². The van der Waals surface area contributed by atoms with E-state index < -0.39 is 0 Å². The van der Waals surface area contributed by atoms with E-state index in [2.05, 4.69) is 4.98 Å². The minimum absolute atomic E-state index is 0.243. The quantitative estimate of drug-likeness (QED) is 0.561. The summed E-state index contributed by atoms with van der Waals surface area (Å²) in [7, 11) is 1.92. The van der Waals surface area contributed by atoms with Crippen LogP contribution in [0.2, 0.25) is 0 Å². The lowest BCUT2D eigenvalue weighted by Crippen LogP contribution is -2.21. The maximum atomic E-state index is 10.8. The molecule has 1 aromatic rings. The van der Waals surface area contributed by atoms with E-state index in [4.69, 9.17) is 5.11 Å². The number of nitrogens with zero attached hydrogens (tertiary/aromatic N) is 2. The molecule has 1 aromatic heterocycles. The van der Waals surface area contributed by atoms with Gasteiger partial charge in [0.1, 0.15) is 5.82 Å².